The van der Waals surface area contributed by atoms with E-state index < -0.39 is 0 Å². The minimum Gasteiger partial charge on any atom is -0.493 e. The molecule has 7 heteroatoms. The van der Waals surface area contributed by atoms with Gasteiger partial charge >= 0.3 is 0 Å². The van der Waals surface area contributed by atoms with Gasteiger partial charge in [0.05, 0.1) is 19.4 Å². The van der Waals surface area contributed by atoms with E-state index in [1.54, 1.807) is 30.7 Å². The molecule has 1 amide bonds. The second-order valence-corrected chi connectivity index (χ2v) is 6.84. The zero-order valence-corrected chi connectivity index (χ0v) is 17.3. The maximum absolute atomic E-state index is 12.0. The Labute approximate surface area is 180 Å². The first kappa shape index (κ1) is 21.3. The molecule has 3 rings (SSSR count). The molecule has 1 N–H and O–H groups in total. The minimum absolute atomic E-state index is 0.304. The van der Waals surface area contributed by atoms with E-state index in [2.05, 4.69) is 15.5 Å². The predicted molar refractivity (Wildman–Crippen MR) is 118 cm³/mol. The van der Waals surface area contributed by atoms with E-state index in [0.717, 1.165) is 21.9 Å². The summed E-state index contributed by atoms with van der Waals surface area (Å²) in [5.41, 5.74) is 4.73. The van der Waals surface area contributed by atoms with Crippen LogP contribution in [-0.4, -0.2) is 30.3 Å². The van der Waals surface area contributed by atoms with E-state index in [4.69, 9.17) is 21.1 Å². The van der Waals surface area contributed by atoms with Crippen molar-refractivity contribution in [3.63, 3.8) is 0 Å². The van der Waals surface area contributed by atoms with Crippen molar-refractivity contribution >= 4 is 23.7 Å². The Hall–Kier alpha value is -3.38. The molecule has 30 heavy (non-hydrogen) atoms. The molecule has 1 heterocycles. The Bertz CT molecular complexity index is 1010. The number of rotatable bonds is 9. The highest BCUT2D eigenvalue weighted by Gasteiger charge is 2.04. The fraction of sp³-hybridized carbons (Fsp3) is 0.174. The lowest BCUT2D eigenvalue weighted by atomic mass is 10.2. The number of aryl methyl sites for hydroxylation is 1. The number of para-hydroxylation sites is 1. The summed E-state index contributed by atoms with van der Waals surface area (Å²) in [6.45, 7) is 2.95. The first-order valence-electron chi connectivity index (χ1n) is 9.47. The lowest BCUT2D eigenvalue weighted by Gasteiger charge is -2.10. The van der Waals surface area contributed by atoms with Crippen LogP contribution in [0.1, 0.15) is 27.9 Å². The molecule has 0 bridgehead atoms. The van der Waals surface area contributed by atoms with Crippen molar-refractivity contribution in [1.29, 1.82) is 0 Å². The van der Waals surface area contributed by atoms with Gasteiger partial charge in [-0.1, -0.05) is 23.7 Å². The van der Waals surface area contributed by atoms with Crippen molar-refractivity contribution in [2.75, 3.05) is 13.2 Å². The van der Waals surface area contributed by atoms with Crippen LogP contribution >= 0.6 is 11.6 Å². The molecule has 0 unspecified atom stereocenters. The maximum Gasteiger partial charge on any atom is 0.271 e. The Balaban J connectivity index is 1.46. The Kier molecular flexibility index (Phi) is 7.80. The van der Waals surface area contributed by atoms with Crippen LogP contribution in [0.25, 0.3) is 0 Å². The van der Waals surface area contributed by atoms with Crippen LogP contribution < -0.4 is 14.9 Å². The van der Waals surface area contributed by atoms with Crippen LogP contribution in [0.2, 0.25) is 5.02 Å². The van der Waals surface area contributed by atoms with Crippen molar-refractivity contribution in [1.82, 2.24) is 10.4 Å². The molecule has 6 nitrogen and oxygen atoms in total. The lowest BCUT2D eigenvalue weighted by molar-refractivity contribution is 0.0955. The quantitative estimate of drug-likeness (QED) is 0.309. The summed E-state index contributed by atoms with van der Waals surface area (Å²) in [7, 11) is 0. The number of aromatic nitrogens is 1. The number of halogens is 1. The van der Waals surface area contributed by atoms with Crippen molar-refractivity contribution < 1.29 is 14.3 Å². The van der Waals surface area contributed by atoms with Gasteiger partial charge in [-0.3, -0.25) is 9.78 Å². The highest BCUT2D eigenvalue weighted by molar-refractivity contribution is 6.31. The van der Waals surface area contributed by atoms with Gasteiger partial charge in [-0.15, -0.1) is 0 Å². The van der Waals surface area contributed by atoms with Crippen molar-refractivity contribution in [3.8, 4) is 11.5 Å². The fourth-order valence-corrected chi connectivity index (χ4v) is 2.70. The summed E-state index contributed by atoms with van der Waals surface area (Å²) >= 11 is 6.02. The first-order chi connectivity index (χ1) is 14.6. The number of nitrogens with zero attached hydrogens (tertiary/aromatic N) is 2. The molecule has 0 aliphatic rings. The highest BCUT2D eigenvalue weighted by atomic mass is 35.5. The third kappa shape index (κ3) is 6.32. The molecule has 0 aliphatic heterocycles. The lowest BCUT2D eigenvalue weighted by Crippen LogP contribution is -2.17. The summed E-state index contributed by atoms with van der Waals surface area (Å²) < 4.78 is 11.6. The van der Waals surface area contributed by atoms with Crippen LogP contribution in [0, 0.1) is 6.92 Å². The van der Waals surface area contributed by atoms with Gasteiger partial charge in [0, 0.05) is 35.0 Å². The number of hydrogen-bond donors (Lipinski definition) is 1. The second-order valence-electron chi connectivity index (χ2n) is 6.43. The van der Waals surface area contributed by atoms with Crippen LogP contribution in [0.3, 0.4) is 0 Å². The number of nitrogens with one attached hydrogen (secondary N) is 1. The SMILES string of the molecule is Cc1cc(OCCCOc2ccccc2/C=N\NC(=O)c2ccncc2)ccc1Cl. The molecular weight excluding hydrogens is 402 g/mol. The second kappa shape index (κ2) is 11.0. The molecule has 0 aliphatic carbocycles. The van der Waals surface area contributed by atoms with Crippen molar-refractivity contribution in [2.24, 2.45) is 5.10 Å². The van der Waals surface area contributed by atoms with Gasteiger partial charge in [0.15, 0.2) is 0 Å². The van der Waals surface area contributed by atoms with Crippen LogP contribution in [0.5, 0.6) is 11.5 Å². The zero-order chi connectivity index (χ0) is 21.2. The molecule has 0 saturated heterocycles. The molecule has 3 aromatic rings. The highest BCUT2D eigenvalue weighted by Crippen LogP contribution is 2.21. The number of amides is 1. The average molecular weight is 424 g/mol. The molecular formula is C23H22ClN3O3. The normalized spacial score (nSPS) is 10.7. The van der Waals surface area contributed by atoms with E-state index in [9.17, 15) is 4.79 Å². The molecule has 0 atom stereocenters. The van der Waals surface area contributed by atoms with Gasteiger partial charge < -0.3 is 9.47 Å². The van der Waals surface area contributed by atoms with Gasteiger partial charge in [0.1, 0.15) is 11.5 Å². The molecule has 0 fully saturated rings. The number of pyridine rings is 1. The van der Waals surface area contributed by atoms with Crippen LogP contribution in [0.4, 0.5) is 0 Å². The number of benzene rings is 2. The van der Waals surface area contributed by atoms with Gasteiger partial charge in [-0.25, -0.2) is 5.43 Å². The first-order valence-corrected chi connectivity index (χ1v) is 9.85. The average Bonchev–Trinajstić information content (AvgIpc) is 2.77. The smallest absolute Gasteiger partial charge is 0.271 e. The molecule has 1 aromatic heterocycles. The van der Waals surface area contributed by atoms with Crippen molar-refractivity contribution in [2.45, 2.75) is 13.3 Å². The van der Waals surface area contributed by atoms with Gasteiger partial charge in [0.2, 0.25) is 0 Å². The van der Waals surface area contributed by atoms with Crippen LogP contribution in [-0.2, 0) is 0 Å². The Morgan fingerprint density at radius 2 is 1.87 bits per heavy atom. The van der Waals surface area contributed by atoms with E-state index in [0.29, 0.717) is 30.9 Å². The summed E-state index contributed by atoms with van der Waals surface area (Å²) in [6, 6.07) is 16.3. The summed E-state index contributed by atoms with van der Waals surface area (Å²) in [6.07, 6.45) is 5.38. The molecule has 0 radical (unpaired) electrons. The zero-order valence-electron chi connectivity index (χ0n) is 16.5. The molecule has 154 valence electrons. The third-order valence-electron chi connectivity index (χ3n) is 4.18. The standard InChI is InChI=1S/C23H22ClN3O3/c1-17-15-20(7-8-21(17)24)29-13-4-14-30-22-6-3-2-5-19(22)16-26-27-23(28)18-9-11-25-12-10-18/h2-3,5-12,15-16H,4,13-14H2,1H3,(H,27,28)/b26-16-. The predicted octanol–water partition coefficient (Wildman–Crippen LogP) is 4.66. The van der Waals surface area contributed by atoms with Crippen molar-refractivity contribution in [3.05, 3.63) is 88.7 Å². The van der Waals surface area contributed by atoms with E-state index >= 15 is 0 Å². The van der Waals surface area contributed by atoms with E-state index in [1.165, 1.54) is 0 Å². The number of ether oxygens (including phenoxy) is 2. The topological polar surface area (TPSA) is 72.8 Å². The Morgan fingerprint density at radius 3 is 2.67 bits per heavy atom. The summed E-state index contributed by atoms with van der Waals surface area (Å²) in [5, 5.41) is 4.74. The monoisotopic (exact) mass is 423 g/mol. The summed E-state index contributed by atoms with van der Waals surface area (Å²) in [4.78, 5) is 15.9. The number of hydrogen-bond acceptors (Lipinski definition) is 5. The van der Waals surface area contributed by atoms with Gasteiger partial charge in [-0.2, -0.15) is 5.10 Å². The van der Waals surface area contributed by atoms with Gasteiger partial charge in [0.25, 0.3) is 5.91 Å². The fourth-order valence-electron chi connectivity index (χ4n) is 2.58. The summed E-state index contributed by atoms with van der Waals surface area (Å²) in [5.74, 6) is 1.16. The number of carbonyl (C=O) groups excluding carboxylic acids is 1. The maximum atomic E-state index is 12.0. The Morgan fingerprint density at radius 1 is 1.10 bits per heavy atom. The number of hydrazone groups is 1. The molecule has 0 spiro atoms. The molecule has 0 saturated carbocycles. The van der Waals surface area contributed by atoms with E-state index in [1.807, 2.05) is 49.4 Å². The van der Waals surface area contributed by atoms with Crippen LogP contribution in [0.15, 0.2) is 72.1 Å². The largest absolute Gasteiger partial charge is 0.493 e. The third-order valence-corrected chi connectivity index (χ3v) is 4.60. The van der Waals surface area contributed by atoms with E-state index in [-0.39, 0.29) is 5.91 Å². The minimum atomic E-state index is -0.304. The van der Waals surface area contributed by atoms with Gasteiger partial charge in [-0.05, 0) is 55.0 Å². The molecule has 2 aromatic carbocycles. The number of carbonyl (C=O) groups is 1.